The number of pyridine rings is 1. The van der Waals surface area contributed by atoms with Gasteiger partial charge >= 0.3 is 0 Å². The van der Waals surface area contributed by atoms with E-state index in [0.717, 1.165) is 28.1 Å². The minimum absolute atomic E-state index is 0.763. The van der Waals surface area contributed by atoms with Crippen LogP contribution in [0, 0.1) is 11.8 Å². The van der Waals surface area contributed by atoms with Gasteiger partial charge in [-0.15, -0.1) is 0 Å². The van der Waals surface area contributed by atoms with E-state index in [9.17, 15) is 0 Å². The molecule has 0 fully saturated rings. The van der Waals surface area contributed by atoms with Gasteiger partial charge in [0.15, 0.2) is 0 Å². The maximum absolute atomic E-state index is 4.42. The summed E-state index contributed by atoms with van der Waals surface area (Å²) in [5.41, 5.74) is 4.26. The zero-order chi connectivity index (χ0) is 19.7. The summed E-state index contributed by atoms with van der Waals surface area (Å²) >= 11 is 1.62. The number of nitrogens with zero attached hydrogens (tertiary/aromatic N) is 1. The second-order valence-electron chi connectivity index (χ2n) is 6.44. The molecule has 0 amide bonds. The minimum atomic E-state index is 0.763. The Balaban J connectivity index is 1.42. The average Bonchev–Trinajstić information content (AvgIpc) is 2.76. The first kappa shape index (κ1) is 19.0. The molecule has 3 aromatic rings. The monoisotopic (exact) mass is 392 g/mol. The first-order valence-electron chi connectivity index (χ1n) is 9.45. The van der Waals surface area contributed by atoms with Crippen LogP contribution < -0.4 is 4.72 Å². The number of fused-ring (bicyclic) bond motifs is 1. The van der Waals surface area contributed by atoms with E-state index in [4.69, 9.17) is 0 Å². The number of rotatable bonds is 4. The Morgan fingerprint density at radius 1 is 0.828 bits per heavy atom. The first-order chi connectivity index (χ1) is 14.4. The third-order valence-electron chi connectivity index (χ3n) is 4.39. The molecule has 1 aromatic heterocycles. The molecular weight excluding hydrogens is 372 g/mol. The van der Waals surface area contributed by atoms with Crippen LogP contribution in [0.25, 0.3) is 10.9 Å². The predicted octanol–water partition coefficient (Wildman–Crippen LogP) is 5.96. The van der Waals surface area contributed by atoms with Crippen LogP contribution in [0.5, 0.6) is 0 Å². The quantitative estimate of drug-likeness (QED) is 0.438. The Morgan fingerprint density at radius 2 is 1.66 bits per heavy atom. The van der Waals surface area contributed by atoms with Crippen LogP contribution in [0.2, 0.25) is 0 Å². The molecule has 0 saturated carbocycles. The molecule has 0 bridgehead atoms. The van der Waals surface area contributed by atoms with Gasteiger partial charge in [0.05, 0.1) is 5.52 Å². The van der Waals surface area contributed by atoms with Crippen molar-refractivity contribution in [2.24, 2.45) is 0 Å². The number of benzene rings is 2. The largest absolute Gasteiger partial charge is 0.256 e. The van der Waals surface area contributed by atoms with Crippen molar-refractivity contribution in [2.75, 3.05) is 0 Å². The fourth-order valence-corrected chi connectivity index (χ4v) is 3.59. The molecule has 29 heavy (non-hydrogen) atoms. The average molecular weight is 393 g/mol. The first-order valence-corrected chi connectivity index (χ1v) is 10.3. The number of aromatic nitrogens is 1. The zero-order valence-corrected chi connectivity index (χ0v) is 16.7. The number of hydrogen-bond acceptors (Lipinski definition) is 3. The molecule has 3 heteroatoms. The van der Waals surface area contributed by atoms with Crippen LogP contribution in [-0.2, 0) is 6.54 Å². The number of nitrogens with one attached hydrogen (secondary N) is 1. The lowest BCUT2D eigenvalue weighted by Gasteiger charge is -2.08. The van der Waals surface area contributed by atoms with E-state index in [1.807, 2.05) is 66.9 Å². The molecule has 1 aliphatic rings. The topological polar surface area (TPSA) is 24.9 Å². The lowest BCUT2D eigenvalue weighted by atomic mass is 10.1. The highest BCUT2D eigenvalue weighted by molar-refractivity contribution is 8.01. The fraction of sp³-hybridized carbons (Fsp3) is 0.0385. The SMILES string of the molecule is C(#Cc1ccccc1)C1=C/C=C(SNCc2ccnc3ccccc23)\C=C\C=C\1. The minimum Gasteiger partial charge on any atom is -0.256 e. The highest BCUT2D eigenvalue weighted by Crippen LogP contribution is 2.20. The van der Waals surface area contributed by atoms with E-state index < -0.39 is 0 Å². The van der Waals surface area contributed by atoms with Crippen molar-refractivity contribution in [1.29, 1.82) is 0 Å². The molecule has 140 valence electrons. The summed E-state index contributed by atoms with van der Waals surface area (Å²) in [6, 6.07) is 20.3. The van der Waals surface area contributed by atoms with Gasteiger partial charge in [0, 0.05) is 34.2 Å². The van der Waals surface area contributed by atoms with Crippen molar-refractivity contribution in [3.63, 3.8) is 0 Å². The summed E-state index contributed by atoms with van der Waals surface area (Å²) in [6.45, 7) is 0.763. The highest BCUT2D eigenvalue weighted by Gasteiger charge is 2.02. The van der Waals surface area contributed by atoms with Crippen LogP contribution in [0.1, 0.15) is 11.1 Å². The Morgan fingerprint density at radius 3 is 2.59 bits per heavy atom. The van der Waals surface area contributed by atoms with E-state index in [-0.39, 0.29) is 0 Å². The normalized spacial score (nSPS) is 18.9. The Kier molecular flexibility index (Phi) is 6.39. The molecule has 1 heterocycles. The molecule has 0 spiro atoms. The predicted molar refractivity (Wildman–Crippen MR) is 124 cm³/mol. The molecular formula is C26H20N2S. The van der Waals surface area contributed by atoms with Gasteiger partial charge in [-0.05, 0) is 66.1 Å². The second kappa shape index (κ2) is 9.75. The van der Waals surface area contributed by atoms with E-state index >= 15 is 0 Å². The van der Waals surface area contributed by atoms with Gasteiger partial charge in [-0.2, -0.15) is 0 Å². The van der Waals surface area contributed by atoms with Crippen molar-refractivity contribution in [2.45, 2.75) is 6.54 Å². The van der Waals surface area contributed by atoms with E-state index in [0.29, 0.717) is 0 Å². The van der Waals surface area contributed by atoms with Crippen LogP contribution >= 0.6 is 11.9 Å². The zero-order valence-electron chi connectivity index (χ0n) is 15.9. The second-order valence-corrected chi connectivity index (χ2v) is 7.40. The standard InChI is InChI=1S/C26H20N2S/c1-2-8-21(9-3-1)14-15-22-10-4-5-11-24(17-16-22)29-28-20-23-18-19-27-26-13-7-6-12-25(23)26/h1-13,16-19,28H,20H2/b5-4?,10-4+,11-5+,17-16?,22-10?,22-16+,24-11?,24-17+. The molecule has 0 saturated heterocycles. The third-order valence-corrected chi connectivity index (χ3v) is 5.19. The van der Waals surface area contributed by atoms with Crippen molar-refractivity contribution < 1.29 is 0 Å². The lowest BCUT2D eigenvalue weighted by Crippen LogP contribution is -2.04. The maximum Gasteiger partial charge on any atom is 0.0705 e. The van der Waals surface area contributed by atoms with E-state index in [1.165, 1.54) is 10.9 Å². The van der Waals surface area contributed by atoms with Gasteiger partial charge in [0.2, 0.25) is 0 Å². The van der Waals surface area contributed by atoms with Crippen molar-refractivity contribution in [3.8, 4) is 11.8 Å². The van der Waals surface area contributed by atoms with Gasteiger partial charge in [-0.25, -0.2) is 0 Å². The number of allylic oxidation sites excluding steroid dienone is 7. The van der Waals surface area contributed by atoms with Gasteiger partial charge in [-0.1, -0.05) is 60.4 Å². The fourth-order valence-electron chi connectivity index (χ4n) is 2.92. The summed E-state index contributed by atoms with van der Waals surface area (Å²) < 4.78 is 3.46. The van der Waals surface area contributed by atoms with Crippen LogP contribution in [0.3, 0.4) is 0 Å². The molecule has 0 radical (unpaired) electrons. The summed E-state index contributed by atoms with van der Waals surface area (Å²) in [4.78, 5) is 5.56. The molecule has 2 nitrogen and oxygen atoms in total. The van der Waals surface area contributed by atoms with Crippen LogP contribution in [-0.4, -0.2) is 4.98 Å². The van der Waals surface area contributed by atoms with Crippen molar-refractivity contribution in [3.05, 3.63) is 125 Å². The summed E-state index contributed by atoms with van der Waals surface area (Å²) in [5.74, 6) is 6.45. The number of para-hydroxylation sites is 1. The van der Waals surface area contributed by atoms with Gasteiger partial charge in [0.1, 0.15) is 0 Å². The molecule has 0 atom stereocenters. The molecule has 4 rings (SSSR count). The Labute approximate surface area is 175 Å². The lowest BCUT2D eigenvalue weighted by molar-refractivity contribution is 0.988. The molecule has 1 aliphatic carbocycles. The van der Waals surface area contributed by atoms with Crippen molar-refractivity contribution >= 4 is 22.9 Å². The van der Waals surface area contributed by atoms with Gasteiger partial charge in [-0.3, -0.25) is 9.71 Å². The summed E-state index contributed by atoms with van der Waals surface area (Å²) in [7, 11) is 0. The number of hydrogen-bond donors (Lipinski definition) is 1. The van der Waals surface area contributed by atoms with Crippen molar-refractivity contribution in [1.82, 2.24) is 9.71 Å². The molecule has 1 N–H and O–H groups in total. The van der Waals surface area contributed by atoms with Gasteiger partial charge in [0.25, 0.3) is 0 Å². The summed E-state index contributed by atoms with van der Waals surface area (Å²) in [6.07, 6.45) is 14.2. The Hall–Kier alpha value is -3.32. The van der Waals surface area contributed by atoms with E-state index in [1.54, 1.807) is 11.9 Å². The maximum atomic E-state index is 4.42. The van der Waals surface area contributed by atoms with Crippen LogP contribution in [0.15, 0.2) is 114 Å². The smallest absolute Gasteiger partial charge is 0.0705 e. The van der Waals surface area contributed by atoms with Crippen LogP contribution in [0.4, 0.5) is 0 Å². The molecule has 0 aliphatic heterocycles. The summed E-state index contributed by atoms with van der Waals surface area (Å²) in [5, 5.41) is 1.19. The Bertz CT molecular complexity index is 1170. The highest BCUT2D eigenvalue weighted by atomic mass is 32.2. The molecule has 0 unspecified atom stereocenters. The van der Waals surface area contributed by atoms with Gasteiger partial charge < -0.3 is 0 Å². The third kappa shape index (κ3) is 5.36. The van der Waals surface area contributed by atoms with E-state index in [2.05, 4.69) is 58.0 Å². The molecule has 2 aromatic carbocycles.